The summed E-state index contributed by atoms with van der Waals surface area (Å²) in [6.45, 7) is 4.58. The third-order valence-corrected chi connectivity index (χ3v) is 2.58. The maximum atomic E-state index is 3.41. The molecule has 0 aromatic carbocycles. The lowest BCUT2D eigenvalue weighted by Crippen LogP contribution is -2.28. The van der Waals surface area contributed by atoms with Crippen molar-refractivity contribution in [3.8, 4) is 0 Å². The lowest BCUT2D eigenvalue weighted by molar-refractivity contribution is 0.478. The van der Waals surface area contributed by atoms with Crippen molar-refractivity contribution in [3.63, 3.8) is 0 Å². The Balaban J connectivity index is 2.43. The second kappa shape index (κ2) is 4.66. The molecule has 0 heterocycles. The summed E-state index contributed by atoms with van der Waals surface area (Å²) in [5.41, 5.74) is 1.64. The van der Waals surface area contributed by atoms with Crippen LogP contribution >= 0.6 is 0 Å². The topological polar surface area (TPSA) is 12.0 Å². The van der Waals surface area contributed by atoms with E-state index in [0.29, 0.717) is 6.04 Å². The van der Waals surface area contributed by atoms with Gasteiger partial charge < -0.3 is 5.32 Å². The van der Waals surface area contributed by atoms with Crippen LogP contribution < -0.4 is 5.32 Å². The maximum absolute atomic E-state index is 3.41. The van der Waals surface area contributed by atoms with Gasteiger partial charge in [0.25, 0.3) is 0 Å². The molecule has 1 N–H and O–H groups in total. The second-order valence-corrected chi connectivity index (χ2v) is 4.14. The van der Waals surface area contributed by atoms with Gasteiger partial charge in [-0.15, -0.1) is 0 Å². The average Bonchev–Trinajstić information content (AvgIpc) is 2.51. The summed E-state index contributed by atoms with van der Waals surface area (Å²) in [6.07, 6.45) is 7.68. The van der Waals surface area contributed by atoms with Crippen molar-refractivity contribution < 1.29 is 0 Å². The number of allylic oxidation sites excluding steroid dienone is 1. The smallest absolute Gasteiger partial charge is 0.0279 e. The van der Waals surface area contributed by atoms with Crippen LogP contribution in [0.1, 0.15) is 39.5 Å². The maximum Gasteiger partial charge on any atom is 0.0279 e. The molecule has 1 heteroatoms. The van der Waals surface area contributed by atoms with Gasteiger partial charge in [-0.3, -0.25) is 0 Å². The first-order chi connectivity index (χ1) is 5.74. The lowest BCUT2D eigenvalue weighted by atomic mass is 9.97. The van der Waals surface area contributed by atoms with Crippen LogP contribution in [0, 0.1) is 5.92 Å². The van der Waals surface area contributed by atoms with Gasteiger partial charge in [0.2, 0.25) is 0 Å². The van der Waals surface area contributed by atoms with Crippen molar-refractivity contribution in [1.82, 2.24) is 5.32 Å². The number of nitrogens with one attached hydrogen (secondary N) is 1. The molecule has 0 radical (unpaired) electrons. The van der Waals surface area contributed by atoms with Gasteiger partial charge in [0.15, 0.2) is 0 Å². The summed E-state index contributed by atoms with van der Waals surface area (Å²) in [4.78, 5) is 0. The molecular formula is C11H21N. The van der Waals surface area contributed by atoms with Gasteiger partial charge in [-0.2, -0.15) is 0 Å². The van der Waals surface area contributed by atoms with E-state index in [1.54, 1.807) is 5.57 Å². The Hall–Kier alpha value is -0.300. The Morgan fingerprint density at radius 2 is 2.25 bits per heavy atom. The molecule has 1 aliphatic rings. The molecule has 1 atom stereocenters. The van der Waals surface area contributed by atoms with Gasteiger partial charge >= 0.3 is 0 Å². The van der Waals surface area contributed by atoms with Crippen LogP contribution in [0.25, 0.3) is 0 Å². The summed E-state index contributed by atoms with van der Waals surface area (Å²) >= 11 is 0. The third-order valence-electron chi connectivity index (χ3n) is 2.58. The first-order valence-electron chi connectivity index (χ1n) is 5.10. The van der Waals surface area contributed by atoms with E-state index >= 15 is 0 Å². The molecular weight excluding hydrogens is 146 g/mol. The second-order valence-electron chi connectivity index (χ2n) is 4.14. The molecule has 70 valence electrons. The van der Waals surface area contributed by atoms with Crippen molar-refractivity contribution in [2.24, 2.45) is 5.92 Å². The Morgan fingerprint density at radius 1 is 1.50 bits per heavy atom. The zero-order valence-corrected chi connectivity index (χ0v) is 8.56. The largest absolute Gasteiger partial charge is 0.313 e. The van der Waals surface area contributed by atoms with Crippen molar-refractivity contribution in [1.29, 1.82) is 0 Å². The minimum Gasteiger partial charge on any atom is -0.313 e. The number of rotatable bonds is 4. The molecule has 0 saturated heterocycles. The van der Waals surface area contributed by atoms with Gasteiger partial charge in [-0.25, -0.2) is 0 Å². The fourth-order valence-electron chi connectivity index (χ4n) is 1.94. The quantitative estimate of drug-likeness (QED) is 0.635. The fourth-order valence-corrected chi connectivity index (χ4v) is 1.94. The van der Waals surface area contributed by atoms with E-state index in [1.807, 2.05) is 0 Å². The van der Waals surface area contributed by atoms with E-state index < -0.39 is 0 Å². The predicted octanol–water partition coefficient (Wildman–Crippen LogP) is 2.73. The van der Waals surface area contributed by atoms with Crippen LogP contribution in [0.3, 0.4) is 0 Å². The molecule has 0 saturated carbocycles. The molecule has 0 amide bonds. The van der Waals surface area contributed by atoms with E-state index in [-0.39, 0.29) is 0 Å². The zero-order valence-electron chi connectivity index (χ0n) is 8.56. The predicted molar refractivity (Wildman–Crippen MR) is 54.2 cm³/mol. The molecule has 0 aromatic heterocycles. The minimum absolute atomic E-state index is 0.646. The summed E-state index contributed by atoms with van der Waals surface area (Å²) in [5, 5.41) is 3.41. The molecule has 0 spiro atoms. The van der Waals surface area contributed by atoms with Crippen molar-refractivity contribution >= 4 is 0 Å². The van der Waals surface area contributed by atoms with E-state index in [4.69, 9.17) is 0 Å². The van der Waals surface area contributed by atoms with Gasteiger partial charge in [-0.1, -0.05) is 25.5 Å². The first kappa shape index (κ1) is 9.79. The van der Waals surface area contributed by atoms with E-state index in [9.17, 15) is 0 Å². The summed E-state index contributed by atoms with van der Waals surface area (Å²) in [5.74, 6) is 0.795. The van der Waals surface area contributed by atoms with Gasteiger partial charge in [-0.05, 0) is 38.6 Å². The molecule has 1 rings (SSSR count). The molecule has 0 bridgehead atoms. The van der Waals surface area contributed by atoms with Crippen LogP contribution in [0.2, 0.25) is 0 Å². The van der Waals surface area contributed by atoms with E-state index in [1.165, 1.54) is 25.7 Å². The average molecular weight is 167 g/mol. The summed E-state index contributed by atoms with van der Waals surface area (Å²) in [6, 6.07) is 0.646. The molecule has 1 aliphatic carbocycles. The van der Waals surface area contributed by atoms with Crippen LogP contribution in [-0.4, -0.2) is 13.1 Å². The van der Waals surface area contributed by atoms with Crippen LogP contribution in [0.5, 0.6) is 0 Å². The van der Waals surface area contributed by atoms with Crippen molar-refractivity contribution in [2.45, 2.75) is 45.6 Å². The molecule has 1 nitrogen and oxygen atoms in total. The number of likely N-dealkylation sites (N-methyl/N-ethyl adjacent to an activating group) is 1. The molecule has 0 fully saturated rings. The summed E-state index contributed by atoms with van der Waals surface area (Å²) in [7, 11) is 2.08. The molecule has 12 heavy (non-hydrogen) atoms. The summed E-state index contributed by atoms with van der Waals surface area (Å²) < 4.78 is 0. The lowest BCUT2D eigenvalue weighted by Gasteiger charge is -2.19. The van der Waals surface area contributed by atoms with Gasteiger partial charge in [0.05, 0.1) is 0 Å². The Bertz CT molecular complexity index is 158. The van der Waals surface area contributed by atoms with Crippen LogP contribution in [-0.2, 0) is 0 Å². The SMILES string of the molecule is CNC(CC(C)C)C1=CCCC1. The molecule has 0 aliphatic heterocycles. The standard InChI is InChI=1S/C11H21N/c1-9(2)8-11(12-3)10-6-4-5-7-10/h6,9,11-12H,4-5,7-8H2,1-3H3. The Morgan fingerprint density at radius 3 is 2.67 bits per heavy atom. The van der Waals surface area contributed by atoms with Crippen molar-refractivity contribution in [2.75, 3.05) is 7.05 Å². The first-order valence-corrected chi connectivity index (χ1v) is 5.10. The van der Waals surface area contributed by atoms with E-state index in [0.717, 1.165) is 5.92 Å². The van der Waals surface area contributed by atoms with Crippen LogP contribution in [0.4, 0.5) is 0 Å². The van der Waals surface area contributed by atoms with Gasteiger partial charge in [0, 0.05) is 6.04 Å². The number of hydrogen-bond donors (Lipinski definition) is 1. The highest BCUT2D eigenvalue weighted by Gasteiger charge is 2.15. The Kier molecular flexibility index (Phi) is 3.80. The highest BCUT2D eigenvalue weighted by Crippen LogP contribution is 2.23. The highest BCUT2D eigenvalue weighted by molar-refractivity contribution is 5.14. The normalized spacial score (nSPS) is 19.8. The monoisotopic (exact) mass is 167 g/mol. The zero-order chi connectivity index (χ0) is 8.97. The fraction of sp³-hybridized carbons (Fsp3) is 0.818. The van der Waals surface area contributed by atoms with Gasteiger partial charge in [0.1, 0.15) is 0 Å². The number of hydrogen-bond acceptors (Lipinski definition) is 1. The van der Waals surface area contributed by atoms with Crippen molar-refractivity contribution in [3.05, 3.63) is 11.6 Å². The van der Waals surface area contributed by atoms with E-state index in [2.05, 4.69) is 32.3 Å². The third kappa shape index (κ3) is 2.63. The molecule has 0 aromatic rings. The molecule has 1 unspecified atom stereocenters. The Labute approximate surface area is 76.2 Å². The minimum atomic E-state index is 0.646. The van der Waals surface area contributed by atoms with Crippen LogP contribution in [0.15, 0.2) is 11.6 Å². The highest BCUT2D eigenvalue weighted by atomic mass is 14.9.